The molecule has 0 bridgehead atoms. The third kappa shape index (κ3) is 2.87. The van der Waals surface area contributed by atoms with Gasteiger partial charge in [-0.15, -0.1) is 11.3 Å². The first-order valence-corrected chi connectivity index (χ1v) is 6.03. The number of rotatable bonds is 4. The van der Waals surface area contributed by atoms with Crippen molar-refractivity contribution in [2.45, 2.75) is 19.4 Å². The van der Waals surface area contributed by atoms with Gasteiger partial charge in [0.25, 0.3) is 0 Å². The zero-order chi connectivity index (χ0) is 11.4. The maximum Gasteiger partial charge on any atom is 0.123 e. The minimum atomic E-state index is -0.192. The van der Waals surface area contributed by atoms with Crippen LogP contribution in [0.3, 0.4) is 0 Å². The molecule has 0 fully saturated rings. The highest BCUT2D eigenvalue weighted by molar-refractivity contribution is 7.09. The predicted octanol–water partition coefficient (Wildman–Crippen LogP) is 2.53. The number of hydrogen-bond acceptors (Lipinski definition) is 3. The van der Waals surface area contributed by atoms with Crippen LogP contribution in [0.4, 0.5) is 4.39 Å². The summed E-state index contributed by atoms with van der Waals surface area (Å²) in [7, 11) is 0. The van der Waals surface area contributed by atoms with Gasteiger partial charge >= 0.3 is 0 Å². The van der Waals surface area contributed by atoms with Crippen LogP contribution >= 0.6 is 11.3 Å². The molecule has 0 saturated heterocycles. The normalized spacial score (nSPS) is 10.6. The minimum Gasteiger partial charge on any atom is -0.325 e. The molecule has 4 heteroatoms. The van der Waals surface area contributed by atoms with Crippen LogP contribution in [0.15, 0.2) is 29.6 Å². The van der Waals surface area contributed by atoms with E-state index in [9.17, 15) is 4.39 Å². The zero-order valence-electron chi connectivity index (χ0n) is 8.82. The van der Waals surface area contributed by atoms with Crippen molar-refractivity contribution in [3.63, 3.8) is 0 Å². The molecule has 2 aromatic rings. The minimum absolute atomic E-state index is 0.192. The van der Waals surface area contributed by atoms with Gasteiger partial charge in [-0.2, -0.15) is 0 Å². The second kappa shape index (κ2) is 5.18. The fourth-order valence-corrected chi connectivity index (χ4v) is 2.19. The zero-order valence-corrected chi connectivity index (χ0v) is 9.64. The Labute approximate surface area is 97.9 Å². The van der Waals surface area contributed by atoms with Crippen molar-refractivity contribution in [2.24, 2.45) is 5.73 Å². The Kier molecular flexibility index (Phi) is 3.64. The first-order valence-electron chi connectivity index (χ1n) is 5.15. The predicted molar refractivity (Wildman–Crippen MR) is 63.8 cm³/mol. The Morgan fingerprint density at radius 1 is 1.19 bits per heavy atom. The molecule has 2 N–H and O–H groups in total. The molecule has 0 aliphatic heterocycles. The summed E-state index contributed by atoms with van der Waals surface area (Å²) in [5.41, 5.74) is 7.69. The summed E-state index contributed by atoms with van der Waals surface area (Å²) < 4.78 is 12.7. The molecule has 0 radical (unpaired) electrons. The summed E-state index contributed by atoms with van der Waals surface area (Å²) in [6, 6.07) is 6.60. The van der Waals surface area contributed by atoms with E-state index in [1.54, 1.807) is 11.3 Å². The highest BCUT2D eigenvalue weighted by Gasteiger charge is 2.01. The molecule has 0 spiro atoms. The number of nitrogens with two attached hydrogens (primary N) is 1. The van der Waals surface area contributed by atoms with E-state index >= 15 is 0 Å². The average molecular weight is 236 g/mol. The molecule has 0 aliphatic carbocycles. The molecule has 2 nitrogen and oxygen atoms in total. The molecule has 0 atom stereocenters. The lowest BCUT2D eigenvalue weighted by Crippen LogP contribution is -1.96. The van der Waals surface area contributed by atoms with Crippen molar-refractivity contribution >= 4 is 11.3 Å². The van der Waals surface area contributed by atoms with Crippen molar-refractivity contribution in [1.29, 1.82) is 0 Å². The molecule has 0 amide bonds. The number of hydrogen-bond donors (Lipinski definition) is 1. The number of aromatic nitrogens is 1. The SMILES string of the molecule is NCc1nc(CCc2ccc(F)cc2)cs1. The molecule has 0 aliphatic rings. The Hall–Kier alpha value is -1.26. The van der Waals surface area contributed by atoms with Gasteiger partial charge in [0, 0.05) is 11.9 Å². The number of nitrogens with zero attached hydrogens (tertiary/aromatic N) is 1. The quantitative estimate of drug-likeness (QED) is 0.886. The van der Waals surface area contributed by atoms with Crippen molar-refractivity contribution in [3.8, 4) is 0 Å². The molecule has 1 aromatic carbocycles. The second-order valence-corrected chi connectivity index (χ2v) is 4.51. The van der Waals surface area contributed by atoms with Crippen molar-refractivity contribution in [2.75, 3.05) is 0 Å². The fourth-order valence-electron chi connectivity index (χ4n) is 1.48. The molecule has 84 valence electrons. The first-order chi connectivity index (χ1) is 7.78. The summed E-state index contributed by atoms with van der Waals surface area (Å²) in [6.45, 7) is 0.501. The van der Waals surface area contributed by atoms with Crippen LogP contribution in [0.5, 0.6) is 0 Å². The first kappa shape index (κ1) is 11.2. The van der Waals surface area contributed by atoms with Gasteiger partial charge in [-0.1, -0.05) is 12.1 Å². The van der Waals surface area contributed by atoms with Gasteiger partial charge in [0.1, 0.15) is 10.8 Å². The lowest BCUT2D eigenvalue weighted by atomic mass is 10.1. The summed E-state index contributed by atoms with van der Waals surface area (Å²) in [6.07, 6.45) is 1.76. The second-order valence-electron chi connectivity index (χ2n) is 3.56. The van der Waals surface area contributed by atoms with Crippen LogP contribution in [0.25, 0.3) is 0 Å². The number of halogens is 1. The number of benzene rings is 1. The molecule has 0 unspecified atom stereocenters. The average Bonchev–Trinajstić information content (AvgIpc) is 2.76. The summed E-state index contributed by atoms with van der Waals surface area (Å²) in [5.74, 6) is -0.192. The van der Waals surface area contributed by atoms with Gasteiger partial charge < -0.3 is 5.73 Å². The van der Waals surface area contributed by atoms with Crippen LogP contribution < -0.4 is 5.73 Å². The maximum atomic E-state index is 12.7. The van der Waals surface area contributed by atoms with Crippen molar-refractivity contribution < 1.29 is 4.39 Å². The van der Waals surface area contributed by atoms with Crippen LogP contribution in [-0.4, -0.2) is 4.98 Å². The highest BCUT2D eigenvalue weighted by atomic mass is 32.1. The lowest BCUT2D eigenvalue weighted by Gasteiger charge is -1.98. The number of thiazole rings is 1. The summed E-state index contributed by atoms with van der Waals surface area (Å²) in [4.78, 5) is 4.38. The number of aryl methyl sites for hydroxylation is 2. The molecule has 1 heterocycles. The fraction of sp³-hybridized carbons (Fsp3) is 0.250. The van der Waals surface area contributed by atoms with E-state index in [0.29, 0.717) is 6.54 Å². The van der Waals surface area contributed by atoms with E-state index < -0.39 is 0 Å². The van der Waals surface area contributed by atoms with Gasteiger partial charge in [0.15, 0.2) is 0 Å². The summed E-state index contributed by atoms with van der Waals surface area (Å²) in [5, 5.41) is 3.00. The van der Waals surface area contributed by atoms with Crippen LogP contribution in [0, 0.1) is 5.82 Å². The Bertz CT molecular complexity index is 450. The third-order valence-corrected chi connectivity index (χ3v) is 3.28. The van der Waals surface area contributed by atoms with E-state index in [4.69, 9.17) is 5.73 Å². The Morgan fingerprint density at radius 3 is 2.56 bits per heavy atom. The standard InChI is InChI=1S/C12H13FN2S/c13-10-4-1-9(2-5-10)3-6-11-8-16-12(7-14)15-11/h1-2,4-5,8H,3,6-7,14H2. The van der Waals surface area contributed by atoms with Gasteiger partial charge in [-0.3, -0.25) is 0 Å². The Balaban J connectivity index is 1.94. The molecule has 16 heavy (non-hydrogen) atoms. The highest BCUT2D eigenvalue weighted by Crippen LogP contribution is 2.12. The van der Waals surface area contributed by atoms with Crippen molar-refractivity contribution in [3.05, 3.63) is 51.7 Å². The molecule has 0 saturated carbocycles. The maximum absolute atomic E-state index is 12.7. The summed E-state index contributed by atoms with van der Waals surface area (Å²) >= 11 is 1.59. The van der Waals surface area contributed by atoms with Crippen LogP contribution in [-0.2, 0) is 19.4 Å². The van der Waals surface area contributed by atoms with E-state index in [-0.39, 0.29) is 5.82 Å². The molecule has 1 aromatic heterocycles. The molecular weight excluding hydrogens is 223 g/mol. The van der Waals surface area contributed by atoms with E-state index in [1.165, 1.54) is 12.1 Å². The lowest BCUT2D eigenvalue weighted by molar-refractivity contribution is 0.627. The van der Waals surface area contributed by atoms with Crippen LogP contribution in [0.2, 0.25) is 0 Å². The van der Waals surface area contributed by atoms with E-state index in [1.807, 2.05) is 17.5 Å². The van der Waals surface area contributed by atoms with E-state index in [2.05, 4.69) is 4.98 Å². The van der Waals surface area contributed by atoms with Crippen molar-refractivity contribution in [1.82, 2.24) is 4.98 Å². The van der Waals surface area contributed by atoms with Gasteiger partial charge in [0.2, 0.25) is 0 Å². The largest absolute Gasteiger partial charge is 0.325 e. The Morgan fingerprint density at radius 2 is 1.94 bits per heavy atom. The van der Waals surface area contributed by atoms with Gasteiger partial charge in [-0.25, -0.2) is 9.37 Å². The van der Waals surface area contributed by atoms with Gasteiger partial charge in [0.05, 0.1) is 5.69 Å². The third-order valence-electron chi connectivity index (χ3n) is 2.36. The smallest absolute Gasteiger partial charge is 0.123 e. The van der Waals surface area contributed by atoms with Gasteiger partial charge in [-0.05, 0) is 30.5 Å². The molecular formula is C12H13FN2S. The molecule has 2 rings (SSSR count). The van der Waals surface area contributed by atoms with E-state index in [0.717, 1.165) is 29.1 Å². The van der Waals surface area contributed by atoms with Crippen LogP contribution in [0.1, 0.15) is 16.3 Å². The topological polar surface area (TPSA) is 38.9 Å². The monoisotopic (exact) mass is 236 g/mol.